The maximum atomic E-state index is 13.1. The summed E-state index contributed by atoms with van der Waals surface area (Å²) in [6.07, 6.45) is 2.46. The third-order valence-corrected chi connectivity index (χ3v) is 4.20. The highest BCUT2D eigenvalue weighted by Gasteiger charge is 2.23. The van der Waals surface area contributed by atoms with Crippen LogP contribution in [0.1, 0.15) is 52.8 Å². The summed E-state index contributed by atoms with van der Waals surface area (Å²) in [6.45, 7) is 14.0. The van der Waals surface area contributed by atoms with Gasteiger partial charge in [-0.05, 0) is 44.5 Å². The zero-order valence-electron chi connectivity index (χ0n) is 14.1. The van der Waals surface area contributed by atoms with Gasteiger partial charge in [-0.25, -0.2) is 4.39 Å². The van der Waals surface area contributed by atoms with Crippen LogP contribution in [0.4, 0.5) is 4.39 Å². The summed E-state index contributed by atoms with van der Waals surface area (Å²) in [7, 11) is 0. The van der Waals surface area contributed by atoms with Gasteiger partial charge in [0.15, 0.2) is 0 Å². The Bertz CT molecular complexity index is 394. The second-order valence-corrected chi connectivity index (χ2v) is 5.76. The van der Waals surface area contributed by atoms with Crippen LogP contribution in [0.25, 0.3) is 0 Å². The Labute approximate surface area is 129 Å². The molecular weight excluding hydrogens is 265 g/mol. The second kappa shape index (κ2) is 9.11. The predicted molar refractivity (Wildman–Crippen MR) is 86.8 cm³/mol. The van der Waals surface area contributed by atoms with Crippen LogP contribution in [0.5, 0.6) is 0 Å². The standard InChI is InChI=1S/C17H30FN3/c1-6-14(5)21(8-3)12-13(4)17(19-7-2)16-10-9-15(18)11-20-16/h9-11,13-14,17,19H,6-8,12H2,1-5H3. The van der Waals surface area contributed by atoms with Crippen LogP contribution in [0.15, 0.2) is 18.3 Å². The van der Waals surface area contributed by atoms with Gasteiger partial charge < -0.3 is 10.2 Å². The summed E-state index contributed by atoms with van der Waals surface area (Å²) in [4.78, 5) is 6.76. The molecule has 4 heteroatoms. The molecule has 0 bridgehead atoms. The van der Waals surface area contributed by atoms with E-state index in [4.69, 9.17) is 0 Å². The number of rotatable bonds is 9. The van der Waals surface area contributed by atoms with Crippen molar-refractivity contribution in [2.75, 3.05) is 19.6 Å². The number of hydrogen-bond donors (Lipinski definition) is 1. The zero-order valence-corrected chi connectivity index (χ0v) is 14.1. The normalized spacial score (nSPS) is 16.0. The number of hydrogen-bond acceptors (Lipinski definition) is 3. The smallest absolute Gasteiger partial charge is 0.141 e. The van der Waals surface area contributed by atoms with Crippen molar-refractivity contribution in [3.05, 3.63) is 29.8 Å². The van der Waals surface area contributed by atoms with Crippen LogP contribution in [-0.4, -0.2) is 35.6 Å². The molecule has 1 N–H and O–H groups in total. The van der Waals surface area contributed by atoms with Crippen molar-refractivity contribution in [2.45, 2.75) is 53.1 Å². The molecule has 0 saturated heterocycles. The van der Waals surface area contributed by atoms with Crippen molar-refractivity contribution in [3.8, 4) is 0 Å². The summed E-state index contributed by atoms with van der Waals surface area (Å²) in [5.41, 5.74) is 0.922. The molecule has 0 aliphatic rings. The van der Waals surface area contributed by atoms with Gasteiger partial charge in [0.1, 0.15) is 5.82 Å². The van der Waals surface area contributed by atoms with Crippen LogP contribution >= 0.6 is 0 Å². The highest BCUT2D eigenvalue weighted by molar-refractivity contribution is 5.11. The van der Waals surface area contributed by atoms with Crippen molar-refractivity contribution in [3.63, 3.8) is 0 Å². The van der Waals surface area contributed by atoms with E-state index in [1.807, 2.05) is 0 Å². The van der Waals surface area contributed by atoms with Gasteiger partial charge in [0, 0.05) is 12.6 Å². The molecular formula is C17H30FN3. The zero-order chi connectivity index (χ0) is 15.8. The van der Waals surface area contributed by atoms with Crippen LogP contribution < -0.4 is 5.32 Å². The summed E-state index contributed by atoms with van der Waals surface area (Å²) in [5, 5.41) is 3.49. The van der Waals surface area contributed by atoms with E-state index >= 15 is 0 Å². The molecule has 0 aromatic carbocycles. The summed E-state index contributed by atoms with van der Waals surface area (Å²) in [6, 6.07) is 4.03. The van der Waals surface area contributed by atoms with Crippen molar-refractivity contribution >= 4 is 0 Å². The van der Waals surface area contributed by atoms with Gasteiger partial charge in [0.25, 0.3) is 0 Å². The average molecular weight is 295 g/mol. The van der Waals surface area contributed by atoms with Crippen LogP contribution in [0, 0.1) is 11.7 Å². The average Bonchev–Trinajstić information content (AvgIpc) is 2.50. The van der Waals surface area contributed by atoms with Crippen LogP contribution in [0.3, 0.4) is 0 Å². The molecule has 0 radical (unpaired) electrons. The van der Waals surface area contributed by atoms with E-state index in [-0.39, 0.29) is 11.9 Å². The predicted octanol–water partition coefficient (Wildman–Crippen LogP) is 3.63. The fraction of sp³-hybridized carbons (Fsp3) is 0.706. The van der Waals surface area contributed by atoms with E-state index < -0.39 is 0 Å². The monoisotopic (exact) mass is 295 g/mol. The Morgan fingerprint density at radius 2 is 1.95 bits per heavy atom. The van der Waals surface area contributed by atoms with Gasteiger partial charge in [-0.1, -0.05) is 27.7 Å². The first-order valence-corrected chi connectivity index (χ1v) is 8.12. The highest BCUT2D eigenvalue weighted by Crippen LogP contribution is 2.22. The van der Waals surface area contributed by atoms with E-state index in [9.17, 15) is 4.39 Å². The minimum atomic E-state index is -0.281. The van der Waals surface area contributed by atoms with Gasteiger partial charge in [-0.2, -0.15) is 0 Å². The van der Waals surface area contributed by atoms with Crippen molar-refractivity contribution < 1.29 is 4.39 Å². The molecule has 0 saturated carbocycles. The molecule has 120 valence electrons. The first-order valence-electron chi connectivity index (χ1n) is 8.12. The number of aromatic nitrogens is 1. The number of nitrogens with zero attached hydrogens (tertiary/aromatic N) is 2. The summed E-state index contributed by atoms with van der Waals surface area (Å²) >= 11 is 0. The fourth-order valence-corrected chi connectivity index (χ4v) is 2.74. The quantitative estimate of drug-likeness (QED) is 0.754. The topological polar surface area (TPSA) is 28.2 Å². The fourth-order valence-electron chi connectivity index (χ4n) is 2.74. The highest BCUT2D eigenvalue weighted by atomic mass is 19.1. The van der Waals surface area contributed by atoms with Gasteiger partial charge in [0.05, 0.1) is 17.9 Å². The molecule has 1 aromatic rings. The molecule has 0 fully saturated rings. The molecule has 0 spiro atoms. The second-order valence-electron chi connectivity index (χ2n) is 5.76. The van der Waals surface area contributed by atoms with Crippen LogP contribution in [0.2, 0.25) is 0 Å². The minimum Gasteiger partial charge on any atom is -0.309 e. The SMILES string of the molecule is CCNC(c1ccc(F)cn1)C(C)CN(CC)C(C)CC. The van der Waals surface area contributed by atoms with E-state index in [2.05, 4.69) is 49.8 Å². The van der Waals surface area contributed by atoms with Crippen LogP contribution in [-0.2, 0) is 0 Å². The summed E-state index contributed by atoms with van der Waals surface area (Å²) < 4.78 is 13.1. The van der Waals surface area contributed by atoms with E-state index in [0.29, 0.717) is 12.0 Å². The Kier molecular flexibility index (Phi) is 7.83. The Morgan fingerprint density at radius 1 is 1.24 bits per heavy atom. The van der Waals surface area contributed by atoms with Crippen molar-refractivity contribution in [1.82, 2.24) is 15.2 Å². The van der Waals surface area contributed by atoms with E-state index in [1.54, 1.807) is 6.07 Å². The first kappa shape index (κ1) is 18.1. The summed E-state index contributed by atoms with van der Waals surface area (Å²) in [5.74, 6) is 0.133. The lowest BCUT2D eigenvalue weighted by molar-refractivity contribution is 0.168. The van der Waals surface area contributed by atoms with Gasteiger partial charge in [-0.3, -0.25) is 4.98 Å². The molecule has 0 amide bonds. The molecule has 1 rings (SSSR count). The van der Waals surface area contributed by atoms with E-state index in [1.165, 1.54) is 12.3 Å². The molecule has 3 unspecified atom stereocenters. The van der Waals surface area contributed by atoms with Gasteiger partial charge in [-0.15, -0.1) is 0 Å². The number of halogens is 1. The van der Waals surface area contributed by atoms with Crippen molar-refractivity contribution in [2.24, 2.45) is 5.92 Å². The lowest BCUT2D eigenvalue weighted by Crippen LogP contribution is -2.40. The first-order chi connectivity index (χ1) is 10.0. The number of nitrogens with one attached hydrogen (secondary N) is 1. The lowest BCUT2D eigenvalue weighted by atomic mass is 9.96. The number of pyridine rings is 1. The molecule has 0 aliphatic heterocycles. The van der Waals surface area contributed by atoms with Gasteiger partial charge in [0.2, 0.25) is 0 Å². The molecule has 21 heavy (non-hydrogen) atoms. The molecule has 3 atom stereocenters. The maximum Gasteiger partial charge on any atom is 0.141 e. The molecule has 3 nitrogen and oxygen atoms in total. The molecule has 1 heterocycles. The molecule has 0 aliphatic carbocycles. The Hall–Kier alpha value is -1.00. The lowest BCUT2D eigenvalue weighted by Gasteiger charge is -2.33. The maximum absolute atomic E-state index is 13.1. The van der Waals surface area contributed by atoms with Crippen molar-refractivity contribution in [1.29, 1.82) is 0 Å². The molecule has 1 aromatic heterocycles. The third kappa shape index (κ3) is 5.36. The van der Waals surface area contributed by atoms with Gasteiger partial charge >= 0.3 is 0 Å². The Balaban J connectivity index is 2.81. The largest absolute Gasteiger partial charge is 0.309 e. The third-order valence-electron chi connectivity index (χ3n) is 4.20. The van der Waals surface area contributed by atoms with E-state index in [0.717, 1.165) is 31.7 Å². The minimum absolute atomic E-state index is 0.161. The Morgan fingerprint density at radius 3 is 2.43 bits per heavy atom.